The fourth-order valence-electron chi connectivity index (χ4n) is 4.07. The summed E-state index contributed by atoms with van der Waals surface area (Å²) in [5, 5.41) is 6.12. The van der Waals surface area contributed by atoms with Crippen molar-refractivity contribution < 1.29 is 22.8 Å². The molecule has 1 aromatic carbocycles. The van der Waals surface area contributed by atoms with Crippen LogP contribution in [0, 0.1) is 36.8 Å². The Morgan fingerprint density at radius 2 is 1.94 bits per heavy atom. The molecule has 1 N–H and O–H groups in total. The van der Waals surface area contributed by atoms with Gasteiger partial charge in [0.2, 0.25) is 17.7 Å². The molecule has 0 radical (unpaired) electrons. The minimum Gasteiger partial charge on any atom is -0.493 e. The van der Waals surface area contributed by atoms with Crippen molar-refractivity contribution in [2.75, 3.05) is 31.1 Å². The van der Waals surface area contributed by atoms with Gasteiger partial charge in [0.05, 0.1) is 18.7 Å². The lowest BCUT2D eigenvalue weighted by molar-refractivity contribution is 0.0950. The Morgan fingerprint density at radius 3 is 2.56 bits per heavy atom. The van der Waals surface area contributed by atoms with Gasteiger partial charge in [-0.05, 0) is 31.6 Å². The van der Waals surface area contributed by atoms with Gasteiger partial charge < -0.3 is 19.5 Å². The predicted molar refractivity (Wildman–Crippen MR) is 127 cm³/mol. The number of carbonyl (C=O) groups is 1. The summed E-state index contributed by atoms with van der Waals surface area (Å²) in [6, 6.07) is 2.02. The summed E-state index contributed by atoms with van der Waals surface area (Å²) in [5.41, 5.74) is 0.0277. The lowest BCUT2D eigenvalue weighted by Gasteiger charge is -2.32. The van der Waals surface area contributed by atoms with Crippen molar-refractivity contribution in [3.8, 4) is 29.5 Å². The van der Waals surface area contributed by atoms with Gasteiger partial charge in [-0.15, -0.1) is 6.42 Å². The smallest absolute Gasteiger partial charge is 0.258 e. The summed E-state index contributed by atoms with van der Waals surface area (Å²) >= 11 is 0. The molecule has 0 spiro atoms. The van der Waals surface area contributed by atoms with Crippen molar-refractivity contribution >= 4 is 11.9 Å². The highest BCUT2D eigenvalue weighted by molar-refractivity contribution is 5.95. The van der Waals surface area contributed by atoms with E-state index in [1.165, 1.54) is 0 Å². The zero-order valence-corrected chi connectivity index (χ0v) is 19.8. The quantitative estimate of drug-likeness (QED) is 0.354. The number of anilines is 1. The van der Waals surface area contributed by atoms with Crippen LogP contribution in [-0.2, 0) is 0 Å². The van der Waals surface area contributed by atoms with Gasteiger partial charge in [0, 0.05) is 44.5 Å². The molecule has 9 nitrogen and oxygen atoms in total. The van der Waals surface area contributed by atoms with Crippen LogP contribution in [0.2, 0.25) is 0 Å². The normalized spacial score (nSPS) is 13.9. The molecule has 3 heterocycles. The minimum atomic E-state index is -0.991. The molecule has 2 aromatic heterocycles. The number of nitrogens with zero attached hydrogens (tertiary/aromatic N) is 5. The molecule has 4 rings (SSSR count). The third-order valence-electron chi connectivity index (χ3n) is 5.94. The van der Waals surface area contributed by atoms with Crippen molar-refractivity contribution in [1.29, 1.82) is 0 Å². The topological polar surface area (TPSA) is 106 Å². The Kier molecular flexibility index (Phi) is 8.05. The van der Waals surface area contributed by atoms with Gasteiger partial charge in [0.1, 0.15) is 22.9 Å². The van der Waals surface area contributed by atoms with E-state index in [0.717, 1.165) is 50.9 Å². The third kappa shape index (κ3) is 6.13. The molecule has 0 saturated carbocycles. The van der Waals surface area contributed by atoms with Crippen LogP contribution in [0.1, 0.15) is 41.9 Å². The number of benzene rings is 1. The molecule has 11 heteroatoms. The SMILES string of the molecule is C#CCNC(=O)c1c(F)cc(OCCCC2CCN(c3ncc(-c4noc(C)n4)cn3)CC2)cc1F. The average Bonchev–Trinajstić information content (AvgIpc) is 3.31. The maximum atomic E-state index is 14.2. The zero-order valence-electron chi connectivity index (χ0n) is 19.8. The lowest BCUT2D eigenvalue weighted by Crippen LogP contribution is -2.34. The first-order valence-corrected chi connectivity index (χ1v) is 11.7. The van der Waals surface area contributed by atoms with E-state index in [9.17, 15) is 13.6 Å². The van der Waals surface area contributed by atoms with Gasteiger partial charge in [0.15, 0.2) is 0 Å². The first-order chi connectivity index (χ1) is 17.4. The Balaban J connectivity index is 1.20. The second-order valence-electron chi connectivity index (χ2n) is 8.48. The second-order valence-corrected chi connectivity index (χ2v) is 8.48. The van der Waals surface area contributed by atoms with Crippen molar-refractivity contribution in [3.05, 3.63) is 47.6 Å². The van der Waals surface area contributed by atoms with Crippen molar-refractivity contribution in [3.63, 3.8) is 0 Å². The van der Waals surface area contributed by atoms with Gasteiger partial charge in [0.25, 0.3) is 5.91 Å². The third-order valence-corrected chi connectivity index (χ3v) is 5.94. The summed E-state index contributed by atoms with van der Waals surface area (Å²) in [6.45, 7) is 3.61. The molecule has 0 atom stereocenters. The number of hydrogen-bond donors (Lipinski definition) is 1. The molecule has 1 aliphatic rings. The molecule has 1 saturated heterocycles. The highest BCUT2D eigenvalue weighted by Gasteiger charge is 2.22. The Labute approximate surface area is 207 Å². The Morgan fingerprint density at radius 1 is 1.25 bits per heavy atom. The molecule has 1 aliphatic heterocycles. The summed E-state index contributed by atoms with van der Waals surface area (Å²) in [5.74, 6) is 1.48. The highest BCUT2D eigenvalue weighted by atomic mass is 19.1. The fraction of sp³-hybridized carbons (Fsp3) is 0.400. The number of carbonyl (C=O) groups excluding carboxylic acids is 1. The number of aromatic nitrogens is 4. The fourth-order valence-corrected chi connectivity index (χ4v) is 4.07. The summed E-state index contributed by atoms with van der Waals surface area (Å²) < 4.78 is 38.9. The number of nitrogens with one attached hydrogen (secondary N) is 1. The lowest BCUT2D eigenvalue weighted by atomic mass is 9.92. The van der Waals surface area contributed by atoms with Crippen LogP contribution in [0.15, 0.2) is 29.0 Å². The van der Waals surface area contributed by atoms with Crippen LogP contribution >= 0.6 is 0 Å². The number of aryl methyl sites for hydroxylation is 1. The number of piperidine rings is 1. The summed E-state index contributed by atoms with van der Waals surface area (Å²) in [4.78, 5) is 27.0. The van der Waals surface area contributed by atoms with E-state index >= 15 is 0 Å². The number of ether oxygens (including phenoxy) is 1. The van der Waals surface area contributed by atoms with Crippen LogP contribution in [0.25, 0.3) is 11.4 Å². The van der Waals surface area contributed by atoms with Crippen LogP contribution in [0.4, 0.5) is 14.7 Å². The van der Waals surface area contributed by atoms with Crippen molar-refractivity contribution in [2.24, 2.45) is 5.92 Å². The van der Waals surface area contributed by atoms with Crippen LogP contribution in [0.3, 0.4) is 0 Å². The van der Waals surface area contributed by atoms with Crippen LogP contribution in [-0.4, -0.2) is 52.3 Å². The zero-order chi connectivity index (χ0) is 25.5. The standard InChI is InChI=1S/C25H26F2N6O3/c1-3-8-28-24(34)22-20(26)12-19(13-21(22)27)35-11-4-5-17-6-9-33(10-7-17)25-29-14-18(15-30-25)23-31-16(2)36-32-23/h1,12-15,17H,4-11H2,2H3,(H,28,34). The number of rotatable bonds is 9. The highest BCUT2D eigenvalue weighted by Crippen LogP contribution is 2.26. The molecule has 0 unspecified atom stereocenters. The molecule has 1 amide bonds. The first kappa shape index (κ1) is 25.0. The second kappa shape index (κ2) is 11.6. The van der Waals surface area contributed by atoms with E-state index in [2.05, 4.69) is 36.2 Å². The number of halogens is 2. The van der Waals surface area contributed by atoms with Crippen LogP contribution in [0.5, 0.6) is 5.75 Å². The Bertz CT molecular complexity index is 1210. The van der Waals surface area contributed by atoms with Crippen molar-refractivity contribution in [2.45, 2.75) is 32.6 Å². The molecule has 0 aliphatic carbocycles. The van der Waals surface area contributed by atoms with E-state index in [0.29, 0.717) is 35.8 Å². The number of amides is 1. The summed E-state index contributed by atoms with van der Waals surface area (Å²) in [7, 11) is 0. The maximum Gasteiger partial charge on any atom is 0.258 e. The number of hydrogen-bond acceptors (Lipinski definition) is 8. The minimum absolute atomic E-state index is 0.0462. The largest absolute Gasteiger partial charge is 0.493 e. The van der Waals surface area contributed by atoms with E-state index in [1.54, 1.807) is 19.3 Å². The van der Waals surface area contributed by atoms with Gasteiger partial charge in [-0.3, -0.25) is 4.79 Å². The van der Waals surface area contributed by atoms with Gasteiger partial charge in [-0.2, -0.15) is 4.98 Å². The summed E-state index contributed by atoms with van der Waals surface area (Å²) in [6.07, 6.45) is 12.1. The molecule has 0 bridgehead atoms. The molecular formula is C25H26F2N6O3. The first-order valence-electron chi connectivity index (χ1n) is 11.7. The Hall–Kier alpha value is -4.07. The number of terminal acetylenes is 1. The molecular weight excluding hydrogens is 470 g/mol. The van der Waals surface area contributed by atoms with Crippen molar-refractivity contribution in [1.82, 2.24) is 25.4 Å². The molecule has 1 fully saturated rings. The predicted octanol–water partition coefficient (Wildman–Crippen LogP) is 3.55. The molecule has 36 heavy (non-hydrogen) atoms. The van der Waals surface area contributed by atoms with Gasteiger partial charge in [-0.1, -0.05) is 11.1 Å². The van der Waals surface area contributed by atoms with E-state index in [1.807, 2.05) is 0 Å². The van der Waals surface area contributed by atoms with Gasteiger partial charge >= 0.3 is 0 Å². The van der Waals surface area contributed by atoms with Gasteiger partial charge in [-0.25, -0.2) is 18.7 Å². The maximum absolute atomic E-state index is 14.2. The van der Waals surface area contributed by atoms with E-state index < -0.39 is 23.1 Å². The monoisotopic (exact) mass is 496 g/mol. The average molecular weight is 497 g/mol. The van der Waals surface area contributed by atoms with Crippen LogP contribution < -0.4 is 15.0 Å². The van der Waals surface area contributed by atoms with E-state index in [-0.39, 0.29) is 12.3 Å². The molecule has 188 valence electrons. The molecule has 3 aromatic rings. The van der Waals surface area contributed by atoms with E-state index in [4.69, 9.17) is 15.7 Å².